The van der Waals surface area contributed by atoms with E-state index in [2.05, 4.69) is 32.6 Å². The van der Waals surface area contributed by atoms with E-state index in [0.717, 1.165) is 3.57 Å². The van der Waals surface area contributed by atoms with Crippen LogP contribution in [0.4, 0.5) is 0 Å². The number of rotatable bonds is 4. The molecule has 1 aromatic heterocycles. The van der Waals surface area contributed by atoms with Crippen LogP contribution in [0.25, 0.3) is 0 Å². The maximum absolute atomic E-state index is 8.50. The zero-order valence-corrected chi connectivity index (χ0v) is 8.56. The van der Waals surface area contributed by atoms with Gasteiger partial charge in [0.05, 0.1) is 10.2 Å². The Balaban J connectivity index is 2.46. The van der Waals surface area contributed by atoms with Crippen molar-refractivity contribution < 1.29 is 9.84 Å². The third kappa shape index (κ3) is 2.90. The van der Waals surface area contributed by atoms with Gasteiger partial charge in [0, 0.05) is 19.2 Å². The number of halogens is 1. The van der Waals surface area contributed by atoms with Crippen molar-refractivity contribution in [2.75, 3.05) is 13.2 Å². The van der Waals surface area contributed by atoms with Crippen LogP contribution in [-0.4, -0.2) is 28.3 Å². The summed E-state index contributed by atoms with van der Waals surface area (Å²) in [6, 6.07) is 0. The molecule has 66 valence electrons. The van der Waals surface area contributed by atoms with E-state index in [0.29, 0.717) is 18.9 Å². The summed E-state index contributed by atoms with van der Waals surface area (Å²) in [6.45, 7) is 0.630. The highest BCUT2D eigenvalue weighted by Gasteiger charge is 1.99. The van der Waals surface area contributed by atoms with Gasteiger partial charge in [-0.1, -0.05) is 0 Å². The molecule has 0 spiro atoms. The zero-order valence-electron chi connectivity index (χ0n) is 6.40. The minimum absolute atomic E-state index is 0.141. The molecule has 4 nitrogen and oxygen atoms in total. The Kier molecular flexibility index (Phi) is 4.23. The smallest absolute Gasteiger partial charge is 0.230 e. The topological polar surface area (TPSA) is 55.2 Å². The summed E-state index contributed by atoms with van der Waals surface area (Å²) in [6.07, 6.45) is 3.75. The van der Waals surface area contributed by atoms with Crippen LogP contribution in [0, 0.1) is 3.57 Å². The van der Waals surface area contributed by atoms with Gasteiger partial charge in [-0.2, -0.15) is 0 Å². The maximum Gasteiger partial charge on any atom is 0.230 e. The molecule has 12 heavy (non-hydrogen) atoms. The Morgan fingerprint density at radius 3 is 3.08 bits per heavy atom. The van der Waals surface area contributed by atoms with E-state index in [4.69, 9.17) is 9.84 Å². The number of aliphatic hydroxyl groups excluding tert-OH is 1. The fraction of sp³-hybridized carbons (Fsp3) is 0.429. The first kappa shape index (κ1) is 9.66. The highest BCUT2D eigenvalue weighted by Crippen LogP contribution is 2.14. The van der Waals surface area contributed by atoms with Crippen molar-refractivity contribution in [3.05, 3.63) is 16.1 Å². The molecular formula is C7H9IN2O2. The van der Waals surface area contributed by atoms with Crippen LogP contribution in [0.1, 0.15) is 6.42 Å². The second-order valence-corrected chi connectivity index (χ2v) is 3.26. The summed E-state index contributed by atoms with van der Waals surface area (Å²) in [7, 11) is 0. The fourth-order valence-electron chi connectivity index (χ4n) is 0.641. The molecule has 0 fully saturated rings. The second kappa shape index (κ2) is 5.26. The van der Waals surface area contributed by atoms with Crippen LogP contribution >= 0.6 is 22.6 Å². The van der Waals surface area contributed by atoms with Gasteiger partial charge in [-0.15, -0.1) is 0 Å². The molecule has 1 aromatic rings. The minimum atomic E-state index is 0.141. The Morgan fingerprint density at radius 2 is 2.42 bits per heavy atom. The third-order valence-corrected chi connectivity index (χ3v) is 1.92. The Hall–Kier alpha value is -0.430. The van der Waals surface area contributed by atoms with Crippen LogP contribution in [0.15, 0.2) is 12.5 Å². The first-order valence-electron chi connectivity index (χ1n) is 3.53. The number of hydrogen-bond donors (Lipinski definition) is 1. The maximum atomic E-state index is 8.50. The van der Waals surface area contributed by atoms with Gasteiger partial charge in [0.1, 0.15) is 6.33 Å². The number of ether oxygens (including phenoxy) is 1. The number of hydrogen-bond acceptors (Lipinski definition) is 4. The van der Waals surface area contributed by atoms with Gasteiger partial charge in [-0.3, -0.25) is 0 Å². The number of aromatic nitrogens is 2. The molecule has 1 heterocycles. The highest BCUT2D eigenvalue weighted by molar-refractivity contribution is 14.1. The molecule has 0 aromatic carbocycles. The van der Waals surface area contributed by atoms with Gasteiger partial charge in [0.15, 0.2) is 0 Å². The molecular weight excluding hydrogens is 271 g/mol. The second-order valence-electron chi connectivity index (χ2n) is 2.10. The molecule has 0 aliphatic rings. The summed E-state index contributed by atoms with van der Waals surface area (Å²) in [5, 5.41) is 8.50. The van der Waals surface area contributed by atoms with Crippen LogP contribution < -0.4 is 4.74 Å². The van der Waals surface area contributed by atoms with E-state index in [1.807, 2.05) is 0 Å². The number of nitrogens with zero attached hydrogens (tertiary/aromatic N) is 2. The van der Waals surface area contributed by atoms with Crippen molar-refractivity contribution in [3.63, 3.8) is 0 Å². The quantitative estimate of drug-likeness (QED) is 0.656. The normalized spacial score (nSPS) is 9.83. The lowest BCUT2D eigenvalue weighted by atomic mass is 10.5. The molecule has 0 bridgehead atoms. The van der Waals surface area contributed by atoms with Crippen LogP contribution in [0.2, 0.25) is 0 Å². The van der Waals surface area contributed by atoms with Crippen molar-refractivity contribution >= 4 is 22.6 Å². The van der Waals surface area contributed by atoms with E-state index in [-0.39, 0.29) is 6.61 Å². The monoisotopic (exact) mass is 280 g/mol. The molecule has 0 aliphatic carbocycles. The lowest BCUT2D eigenvalue weighted by Gasteiger charge is -2.03. The fourth-order valence-corrected chi connectivity index (χ4v) is 1.10. The van der Waals surface area contributed by atoms with Crippen molar-refractivity contribution in [3.8, 4) is 5.88 Å². The van der Waals surface area contributed by atoms with E-state index < -0.39 is 0 Å². The predicted octanol–water partition coefficient (Wildman–Crippen LogP) is 0.842. The minimum Gasteiger partial charge on any atom is -0.477 e. The first-order chi connectivity index (χ1) is 5.84. The Bertz CT molecular complexity index is 245. The van der Waals surface area contributed by atoms with E-state index in [1.54, 1.807) is 6.20 Å². The summed E-state index contributed by atoms with van der Waals surface area (Å²) in [5.74, 6) is 0.582. The molecule has 0 radical (unpaired) electrons. The molecule has 0 saturated heterocycles. The van der Waals surface area contributed by atoms with Crippen molar-refractivity contribution in [2.45, 2.75) is 6.42 Å². The van der Waals surface area contributed by atoms with Gasteiger partial charge in [0.25, 0.3) is 0 Å². The predicted molar refractivity (Wildman–Crippen MR) is 51.9 cm³/mol. The van der Waals surface area contributed by atoms with Gasteiger partial charge < -0.3 is 9.84 Å². The van der Waals surface area contributed by atoms with Gasteiger partial charge in [-0.05, 0) is 22.6 Å². The molecule has 0 atom stereocenters. The first-order valence-corrected chi connectivity index (χ1v) is 4.61. The van der Waals surface area contributed by atoms with Gasteiger partial charge >= 0.3 is 0 Å². The summed E-state index contributed by atoms with van der Waals surface area (Å²) >= 11 is 2.10. The third-order valence-electron chi connectivity index (χ3n) is 1.18. The summed E-state index contributed by atoms with van der Waals surface area (Å²) in [5.41, 5.74) is 0. The summed E-state index contributed by atoms with van der Waals surface area (Å²) in [4.78, 5) is 7.75. The largest absolute Gasteiger partial charge is 0.477 e. The van der Waals surface area contributed by atoms with Crippen molar-refractivity contribution in [1.29, 1.82) is 0 Å². The lowest BCUT2D eigenvalue weighted by Crippen LogP contribution is -2.02. The van der Waals surface area contributed by atoms with E-state index in [9.17, 15) is 0 Å². The molecule has 0 saturated carbocycles. The van der Waals surface area contributed by atoms with Gasteiger partial charge in [0.2, 0.25) is 5.88 Å². The van der Waals surface area contributed by atoms with Crippen LogP contribution in [0.3, 0.4) is 0 Å². The lowest BCUT2D eigenvalue weighted by molar-refractivity contribution is 0.228. The molecule has 1 rings (SSSR count). The van der Waals surface area contributed by atoms with Crippen molar-refractivity contribution in [2.24, 2.45) is 0 Å². The van der Waals surface area contributed by atoms with E-state index >= 15 is 0 Å². The SMILES string of the molecule is OCCCOc1ncncc1I. The average Bonchev–Trinajstić information content (AvgIpc) is 2.09. The molecule has 5 heteroatoms. The summed E-state index contributed by atoms with van der Waals surface area (Å²) < 4.78 is 6.14. The van der Waals surface area contributed by atoms with Crippen LogP contribution in [-0.2, 0) is 0 Å². The highest BCUT2D eigenvalue weighted by atomic mass is 127. The number of aliphatic hydroxyl groups is 1. The Labute approximate surface area is 84.1 Å². The molecule has 0 amide bonds. The Morgan fingerprint density at radius 1 is 1.58 bits per heavy atom. The molecule has 0 aliphatic heterocycles. The molecule has 0 unspecified atom stereocenters. The van der Waals surface area contributed by atoms with Crippen molar-refractivity contribution in [1.82, 2.24) is 9.97 Å². The average molecular weight is 280 g/mol. The van der Waals surface area contributed by atoms with Gasteiger partial charge in [-0.25, -0.2) is 9.97 Å². The van der Waals surface area contributed by atoms with E-state index in [1.165, 1.54) is 6.33 Å². The van der Waals surface area contributed by atoms with Crippen LogP contribution in [0.5, 0.6) is 5.88 Å². The zero-order chi connectivity index (χ0) is 8.81. The molecule has 1 N–H and O–H groups in total. The standard InChI is InChI=1S/C7H9IN2O2/c8-6-4-9-5-10-7(6)12-3-1-2-11/h4-5,11H,1-3H2.